The summed E-state index contributed by atoms with van der Waals surface area (Å²) >= 11 is 0. The molecule has 0 saturated carbocycles. The molecule has 1 amide bonds. The van der Waals surface area contributed by atoms with Gasteiger partial charge in [-0.15, -0.1) is 0 Å². The first-order valence-corrected chi connectivity index (χ1v) is 4.52. The van der Waals surface area contributed by atoms with Crippen molar-refractivity contribution in [3.8, 4) is 0 Å². The number of aromatic amines is 1. The fourth-order valence-electron chi connectivity index (χ4n) is 1.18. The Morgan fingerprint density at radius 1 is 1.62 bits per heavy atom. The largest absolute Gasteiger partial charge is 0.480 e. The molecule has 7 nitrogen and oxygen atoms in total. The lowest BCUT2D eigenvalue weighted by Gasteiger charge is -2.11. The van der Waals surface area contributed by atoms with Gasteiger partial charge in [0.1, 0.15) is 6.04 Å². The Morgan fingerprint density at radius 2 is 2.31 bits per heavy atom. The Kier molecular flexibility index (Phi) is 3.76. The normalized spacial score (nSPS) is 11.8. The van der Waals surface area contributed by atoms with Crippen molar-refractivity contribution < 1.29 is 14.7 Å². The highest BCUT2D eigenvalue weighted by molar-refractivity contribution is 5.82. The molecular formula is C9H11N3O4. The van der Waals surface area contributed by atoms with Gasteiger partial charge in [0, 0.05) is 19.4 Å². The molecule has 7 heteroatoms. The molecule has 0 aliphatic carbocycles. The van der Waals surface area contributed by atoms with E-state index in [2.05, 4.69) is 15.3 Å². The highest BCUT2D eigenvalue weighted by Crippen LogP contribution is 1.97. The van der Waals surface area contributed by atoms with Crippen molar-refractivity contribution in [3.63, 3.8) is 0 Å². The van der Waals surface area contributed by atoms with Crippen molar-refractivity contribution in [2.75, 3.05) is 0 Å². The van der Waals surface area contributed by atoms with E-state index in [0.717, 1.165) is 0 Å². The van der Waals surface area contributed by atoms with Gasteiger partial charge in [-0.1, -0.05) is 0 Å². The molecule has 3 N–H and O–H groups in total. The maximum atomic E-state index is 10.9. The highest BCUT2D eigenvalue weighted by Gasteiger charge is 2.19. The number of hydrogen-bond donors (Lipinski definition) is 3. The number of carbonyl (C=O) groups is 2. The van der Waals surface area contributed by atoms with Crippen LogP contribution < -0.4 is 10.9 Å². The van der Waals surface area contributed by atoms with Crippen molar-refractivity contribution in [2.45, 2.75) is 19.4 Å². The third kappa shape index (κ3) is 3.52. The molecule has 0 fully saturated rings. The van der Waals surface area contributed by atoms with E-state index >= 15 is 0 Å². The fourth-order valence-corrected chi connectivity index (χ4v) is 1.18. The summed E-state index contributed by atoms with van der Waals surface area (Å²) < 4.78 is 0. The average molecular weight is 225 g/mol. The number of amides is 1. The number of nitrogens with one attached hydrogen (secondary N) is 2. The zero-order chi connectivity index (χ0) is 12.1. The molecule has 0 aliphatic rings. The van der Waals surface area contributed by atoms with Crippen LogP contribution in [0.2, 0.25) is 0 Å². The van der Waals surface area contributed by atoms with Gasteiger partial charge in [-0.2, -0.15) is 0 Å². The van der Waals surface area contributed by atoms with Crippen LogP contribution in [0.3, 0.4) is 0 Å². The molecule has 1 unspecified atom stereocenters. The smallest absolute Gasteiger partial charge is 0.326 e. The maximum Gasteiger partial charge on any atom is 0.326 e. The summed E-state index contributed by atoms with van der Waals surface area (Å²) in [7, 11) is 0. The van der Waals surface area contributed by atoms with Gasteiger partial charge in [0.25, 0.3) is 5.56 Å². The highest BCUT2D eigenvalue weighted by atomic mass is 16.4. The molecule has 1 aromatic heterocycles. The number of nitrogens with zero attached hydrogens (tertiary/aromatic N) is 1. The molecule has 16 heavy (non-hydrogen) atoms. The summed E-state index contributed by atoms with van der Waals surface area (Å²) in [5.74, 6) is -1.62. The third-order valence-electron chi connectivity index (χ3n) is 1.82. The molecular weight excluding hydrogens is 214 g/mol. The molecule has 1 atom stereocenters. The molecule has 0 radical (unpaired) electrons. The number of hydrogen-bond acceptors (Lipinski definition) is 4. The number of aliphatic carboxylic acids is 1. The van der Waals surface area contributed by atoms with Gasteiger partial charge < -0.3 is 15.4 Å². The summed E-state index contributed by atoms with van der Waals surface area (Å²) in [5, 5.41) is 11.1. The molecule has 1 heterocycles. The number of carboxylic acids is 1. The van der Waals surface area contributed by atoms with Gasteiger partial charge >= 0.3 is 5.97 Å². The topological polar surface area (TPSA) is 112 Å². The minimum Gasteiger partial charge on any atom is -0.480 e. The second-order valence-corrected chi connectivity index (χ2v) is 3.20. The van der Waals surface area contributed by atoms with Crippen LogP contribution in [0.25, 0.3) is 0 Å². The van der Waals surface area contributed by atoms with Crippen molar-refractivity contribution in [1.29, 1.82) is 0 Å². The zero-order valence-electron chi connectivity index (χ0n) is 8.56. The number of rotatable bonds is 4. The van der Waals surface area contributed by atoms with Crippen LogP contribution >= 0.6 is 0 Å². The van der Waals surface area contributed by atoms with Gasteiger partial charge in [0.05, 0.1) is 12.0 Å². The molecule has 0 aliphatic heterocycles. The first-order chi connectivity index (χ1) is 7.49. The number of H-pyrrole nitrogens is 1. The molecule has 0 bridgehead atoms. The van der Waals surface area contributed by atoms with E-state index in [1.54, 1.807) is 0 Å². The summed E-state index contributed by atoms with van der Waals surface area (Å²) in [5.41, 5.74) is -0.0538. The summed E-state index contributed by atoms with van der Waals surface area (Å²) in [6.07, 6.45) is 1.16. The predicted molar refractivity (Wildman–Crippen MR) is 53.8 cm³/mol. The van der Waals surface area contributed by atoms with E-state index < -0.39 is 17.9 Å². The lowest BCUT2D eigenvalue weighted by atomic mass is 10.1. The minimum atomic E-state index is -1.17. The number of carbonyl (C=O) groups excluding carboxylic acids is 1. The van der Waals surface area contributed by atoms with E-state index in [-0.39, 0.29) is 12.0 Å². The van der Waals surface area contributed by atoms with Crippen molar-refractivity contribution in [3.05, 3.63) is 28.4 Å². The van der Waals surface area contributed by atoms with Crippen LogP contribution in [0.4, 0.5) is 0 Å². The molecule has 1 rings (SSSR count). The van der Waals surface area contributed by atoms with Crippen molar-refractivity contribution in [1.82, 2.24) is 15.3 Å². The quantitative estimate of drug-likeness (QED) is 0.602. The molecule has 86 valence electrons. The van der Waals surface area contributed by atoms with Crippen LogP contribution in [0.1, 0.15) is 12.6 Å². The number of aromatic nitrogens is 2. The summed E-state index contributed by atoms with van der Waals surface area (Å²) in [6.45, 7) is 1.22. The first-order valence-electron chi connectivity index (χ1n) is 4.52. The molecule has 0 saturated heterocycles. The van der Waals surface area contributed by atoms with E-state index in [1.807, 2.05) is 0 Å². The molecule has 0 spiro atoms. The second kappa shape index (κ2) is 5.06. The standard InChI is InChI=1S/C9H11N3O4/c1-5(13)12-7(9(15)16)2-6-3-8(14)11-4-10-6/h3-4,7H,2H2,1H3,(H,12,13)(H,15,16)(H,10,11,14). The van der Waals surface area contributed by atoms with Gasteiger partial charge in [0.15, 0.2) is 0 Å². The average Bonchev–Trinajstić information content (AvgIpc) is 2.15. The van der Waals surface area contributed by atoms with E-state index in [9.17, 15) is 14.4 Å². The summed E-state index contributed by atoms with van der Waals surface area (Å²) in [4.78, 5) is 38.6. The second-order valence-electron chi connectivity index (χ2n) is 3.20. The lowest BCUT2D eigenvalue weighted by molar-refractivity contribution is -0.141. The molecule has 1 aromatic rings. The Morgan fingerprint density at radius 3 is 2.81 bits per heavy atom. The molecule has 0 aromatic carbocycles. The maximum absolute atomic E-state index is 10.9. The van der Waals surface area contributed by atoms with Crippen molar-refractivity contribution >= 4 is 11.9 Å². The monoisotopic (exact) mass is 225 g/mol. The van der Waals surface area contributed by atoms with Crippen LogP contribution in [0.5, 0.6) is 0 Å². The van der Waals surface area contributed by atoms with E-state index in [4.69, 9.17) is 5.11 Å². The Bertz CT molecular complexity index is 454. The van der Waals surface area contributed by atoms with E-state index in [1.165, 1.54) is 19.3 Å². The van der Waals surface area contributed by atoms with Gasteiger partial charge in [0.2, 0.25) is 5.91 Å². The van der Waals surface area contributed by atoms with Crippen molar-refractivity contribution in [2.24, 2.45) is 0 Å². The van der Waals surface area contributed by atoms with Gasteiger partial charge in [-0.05, 0) is 0 Å². The van der Waals surface area contributed by atoms with Crippen LogP contribution in [-0.2, 0) is 16.0 Å². The Labute approximate surface area is 90.5 Å². The SMILES string of the molecule is CC(=O)NC(Cc1cc(=O)[nH]cn1)C(=O)O. The van der Waals surface area contributed by atoms with Gasteiger partial charge in [-0.3, -0.25) is 9.59 Å². The van der Waals surface area contributed by atoms with E-state index in [0.29, 0.717) is 5.69 Å². The number of carboxylic acid groups (broad SMARTS) is 1. The Hall–Kier alpha value is -2.18. The lowest BCUT2D eigenvalue weighted by Crippen LogP contribution is -2.41. The van der Waals surface area contributed by atoms with Crippen LogP contribution in [0.15, 0.2) is 17.2 Å². The summed E-state index contributed by atoms with van der Waals surface area (Å²) in [6, 6.07) is 0.115. The third-order valence-corrected chi connectivity index (χ3v) is 1.82. The minimum absolute atomic E-state index is 0.0289. The predicted octanol–water partition coefficient (Wildman–Crippen LogP) is -1.10. The van der Waals surface area contributed by atoms with Gasteiger partial charge in [-0.25, -0.2) is 9.78 Å². The van der Waals surface area contributed by atoms with Crippen LogP contribution in [-0.4, -0.2) is 33.0 Å². The fraction of sp³-hybridized carbons (Fsp3) is 0.333. The Balaban J connectivity index is 2.79. The first kappa shape index (κ1) is 11.9. The zero-order valence-corrected chi connectivity index (χ0v) is 8.56. The van der Waals surface area contributed by atoms with Crippen LogP contribution in [0, 0.1) is 0 Å².